The van der Waals surface area contributed by atoms with Crippen molar-refractivity contribution in [1.82, 2.24) is 4.57 Å². The number of aryl methyl sites for hydroxylation is 3. The van der Waals surface area contributed by atoms with Gasteiger partial charge in [0.25, 0.3) is 5.56 Å². The van der Waals surface area contributed by atoms with E-state index in [-0.39, 0.29) is 5.56 Å². The number of nitriles is 1. The molecule has 0 N–H and O–H groups in total. The lowest BCUT2D eigenvalue weighted by Crippen LogP contribution is -2.24. The van der Waals surface area contributed by atoms with Gasteiger partial charge in [-0.2, -0.15) is 5.26 Å². The zero-order valence-electron chi connectivity index (χ0n) is 13.2. The first-order chi connectivity index (χ1) is 10.6. The van der Waals surface area contributed by atoms with Crippen LogP contribution in [0.5, 0.6) is 0 Å². The Morgan fingerprint density at radius 2 is 1.86 bits per heavy atom. The summed E-state index contributed by atoms with van der Waals surface area (Å²) < 4.78 is 1.66. The first-order valence-corrected chi connectivity index (χ1v) is 7.78. The van der Waals surface area contributed by atoms with Crippen LogP contribution in [0, 0.1) is 17.2 Å². The highest BCUT2D eigenvalue weighted by Crippen LogP contribution is 2.10. The first kappa shape index (κ1) is 16.0. The Morgan fingerprint density at radius 1 is 1.14 bits per heavy atom. The largest absolute Gasteiger partial charge is 0.314 e. The number of pyridine rings is 1. The molecule has 0 bridgehead atoms. The molecule has 0 radical (unpaired) electrons. The van der Waals surface area contributed by atoms with E-state index in [2.05, 4.69) is 32.0 Å². The second-order valence-electron chi connectivity index (χ2n) is 5.99. The standard InChI is InChI=1S/C19H22N2O/c1-15(2)10-12-21-13-11-17(18(14-20)19(21)22)9-8-16-6-4-3-5-7-16/h3-7,11,13,15H,8-10,12H2,1-2H3. The third-order valence-electron chi connectivity index (χ3n) is 3.84. The fraction of sp³-hybridized carbons (Fsp3) is 0.368. The van der Waals surface area contributed by atoms with Crippen molar-refractivity contribution in [3.8, 4) is 6.07 Å². The summed E-state index contributed by atoms with van der Waals surface area (Å²) in [6.07, 6.45) is 4.32. The van der Waals surface area contributed by atoms with E-state index in [1.807, 2.05) is 30.5 Å². The van der Waals surface area contributed by atoms with Gasteiger partial charge >= 0.3 is 0 Å². The monoisotopic (exact) mass is 294 g/mol. The molecular formula is C19H22N2O. The number of nitrogens with zero attached hydrogens (tertiary/aromatic N) is 2. The molecule has 0 fully saturated rings. The molecule has 0 aliphatic rings. The van der Waals surface area contributed by atoms with Crippen molar-refractivity contribution in [3.05, 3.63) is 69.6 Å². The lowest BCUT2D eigenvalue weighted by molar-refractivity contribution is 0.507. The van der Waals surface area contributed by atoms with Gasteiger partial charge in [0.2, 0.25) is 0 Å². The van der Waals surface area contributed by atoms with Crippen LogP contribution in [0.1, 0.15) is 37.0 Å². The van der Waals surface area contributed by atoms with E-state index in [9.17, 15) is 10.1 Å². The molecule has 0 atom stereocenters. The molecule has 0 unspecified atom stereocenters. The van der Waals surface area contributed by atoms with Crippen LogP contribution in [0.4, 0.5) is 0 Å². The number of aromatic nitrogens is 1. The number of hydrogen-bond donors (Lipinski definition) is 0. The van der Waals surface area contributed by atoms with Crippen molar-refractivity contribution >= 4 is 0 Å². The Kier molecular flexibility index (Phi) is 5.55. The Bertz CT molecular complexity index is 708. The van der Waals surface area contributed by atoms with Gasteiger partial charge in [-0.25, -0.2) is 0 Å². The van der Waals surface area contributed by atoms with Crippen molar-refractivity contribution in [2.24, 2.45) is 5.92 Å². The summed E-state index contributed by atoms with van der Waals surface area (Å²) in [7, 11) is 0. The van der Waals surface area contributed by atoms with Crippen LogP contribution in [0.25, 0.3) is 0 Å². The highest BCUT2D eigenvalue weighted by Gasteiger charge is 2.10. The molecule has 0 amide bonds. The summed E-state index contributed by atoms with van der Waals surface area (Å²) in [5.74, 6) is 0.537. The minimum atomic E-state index is -0.159. The maximum absolute atomic E-state index is 12.4. The van der Waals surface area contributed by atoms with E-state index in [0.29, 0.717) is 24.4 Å². The van der Waals surface area contributed by atoms with Gasteiger partial charge in [0.15, 0.2) is 0 Å². The Labute approximate surface area is 131 Å². The molecule has 2 aromatic rings. The van der Waals surface area contributed by atoms with Gasteiger partial charge in [-0.15, -0.1) is 0 Å². The predicted octanol–water partition coefficient (Wildman–Crippen LogP) is 3.55. The Morgan fingerprint density at radius 3 is 2.50 bits per heavy atom. The minimum Gasteiger partial charge on any atom is -0.314 e. The molecule has 1 aromatic heterocycles. The van der Waals surface area contributed by atoms with Gasteiger partial charge in [0.05, 0.1) is 0 Å². The molecule has 3 nitrogen and oxygen atoms in total. The zero-order valence-corrected chi connectivity index (χ0v) is 13.2. The van der Waals surface area contributed by atoms with Gasteiger partial charge in [-0.05, 0) is 42.4 Å². The molecule has 22 heavy (non-hydrogen) atoms. The van der Waals surface area contributed by atoms with E-state index in [1.54, 1.807) is 4.57 Å². The van der Waals surface area contributed by atoms with Crippen molar-refractivity contribution < 1.29 is 0 Å². The molecule has 0 aliphatic heterocycles. The number of rotatable bonds is 6. The lowest BCUT2D eigenvalue weighted by atomic mass is 10.0. The summed E-state index contributed by atoms with van der Waals surface area (Å²) in [4.78, 5) is 12.4. The van der Waals surface area contributed by atoms with Gasteiger partial charge in [0, 0.05) is 12.7 Å². The van der Waals surface area contributed by atoms with Gasteiger partial charge in [-0.1, -0.05) is 44.2 Å². The maximum atomic E-state index is 12.4. The number of hydrogen-bond acceptors (Lipinski definition) is 2. The molecule has 0 saturated carbocycles. The molecule has 1 heterocycles. The summed E-state index contributed by atoms with van der Waals surface area (Å²) in [5, 5.41) is 9.33. The van der Waals surface area contributed by atoms with E-state index < -0.39 is 0 Å². The highest BCUT2D eigenvalue weighted by atomic mass is 16.1. The normalized spacial score (nSPS) is 10.6. The summed E-state index contributed by atoms with van der Waals surface area (Å²) in [6.45, 7) is 4.93. The summed E-state index contributed by atoms with van der Waals surface area (Å²) in [6, 6.07) is 14.1. The molecule has 0 aliphatic carbocycles. The zero-order chi connectivity index (χ0) is 15.9. The van der Waals surface area contributed by atoms with E-state index in [4.69, 9.17) is 0 Å². The SMILES string of the molecule is CC(C)CCn1ccc(CCc2ccccc2)c(C#N)c1=O. The Balaban J connectivity index is 2.17. The second kappa shape index (κ2) is 7.61. The second-order valence-corrected chi connectivity index (χ2v) is 5.99. The molecule has 1 aromatic carbocycles. The average Bonchev–Trinajstić information content (AvgIpc) is 2.52. The number of benzene rings is 1. The van der Waals surface area contributed by atoms with Crippen LogP contribution < -0.4 is 5.56 Å². The Hall–Kier alpha value is -2.34. The van der Waals surface area contributed by atoms with Crippen molar-refractivity contribution in [1.29, 1.82) is 5.26 Å². The van der Waals surface area contributed by atoms with Gasteiger partial charge in [0.1, 0.15) is 11.6 Å². The van der Waals surface area contributed by atoms with E-state index in [0.717, 1.165) is 18.4 Å². The van der Waals surface area contributed by atoms with Crippen LogP contribution in [-0.4, -0.2) is 4.57 Å². The van der Waals surface area contributed by atoms with E-state index in [1.165, 1.54) is 5.56 Å². The van der Waals surface area contributed by atoms with Crippen LogP contribution in [0.2, 0.25) is 0 Å². The summed E-state index contributed by atoms with van der Waals surface area (Å²) >= 11 is 0. The van der Waals surface area contributed by atoms with E-state index >= 15 is 0 Å². The first-order valence-electron chi connectivity index (χ1n) is 7.78. The average molecular weight is 294 g/mol. The van der Waals surface area contributed by atoms with Gasteiger partial charge < -0.3 is 4.57 Å². The van der Waals surface area contributed by atoms with Crippen LogP contribution >= 0.6 is 0 Å². The topological polar surface area (TPSA) is 45.8 Å². The summed E-state index contributed by atoms with van der Waals surface area (Å²) in [5.41, 5.74) is 2.20. The molecule has 0 spiro atoms. The molecule has 2 rings (SSSR count). The smallest absolute Gasteiger partial charge is 0.268 e. The van der Waals surface area contributed by atoms with Crippen molar-refractivity contribution in [2.45, 2.75) is 39.7 Å². The fourth-order valence-corrected chi connectivity index (χ4v) is 2.44. The molecule has 3 heteroatoms. The van der Waals surface area contributed by atoms with Gasteiger partial charge in [-0.3, -0.25) is 4.79 Å². The quantitative estimate of drug-likeness (QED) is 0.818. The van der Waals surface area contributed by atoms with Crippen molar-refractivity contribution in [2.75, 3.05) is 0 Å². The molecule has 114 valence electrons. The fourth-order valence-electron chi connectivity index (χ4n) is 2.44. The molecular weight excluding hydrogens is 272 g/mol. The van der Waals surface area contributed by atoms with Crippen LogP contribution in [0.15, 0.2) is 47.4 Å². The van der Waals surface area contributed by atoms with Crippen LogP contribution in [0.3, 0.4) is 0 Å². The van der Waals surface area contributed by atoms with Crippen molar-refractivity contribution in [3.63, 3.8) is 0 Å². The van der Waals surface area contributed by atoms with Crippen LogP contribution in [-0.2, 0) is 19.4 Å². The maximum Gasteiger partial charge on any atom is 0.268 e. The third-order valence-corrected chi connectivity index (χ3v) is 3.84. The predicted molar refractivity (Wildman–Crippen MR) is 88.7 cm³/mol. The lowest BCUT2D eigenvalue weighted by Gasteiger charge is -2.10. The third kappa shape index (κ3) is 4.08. The minimum absolute atomic E-state index is 0.159. The highest BCUT2D eigenvalue weighted by molar-refractivity contribution is 5.36. The molecule has 0 saturated heterocycles.